The van der Waals surface area contributed by atoms with Crippen LogP contribution in [0, 0.1) is 11.8 Å². The van der Waals surface area contributed by atoms with Gasteiger partial charge in [0.1, 0.15) is 11.5 Å². The largest absolute Gasteiger partial charge is 0.324 e. The fourth-order valence-electron chi connectivity index (χ4n) is 1.82. The molecule has 3 N–H and O–H groups in total. The smallest absolute Gasteiger partial charge is 0.323 e. The molecule has 0 aliphatic carbocycles. The third-order valence-electron chi connectivity index (χ3n) is 2.70. The summed E-state index contributed by atoms with van der Waals surface area (Å²) in [5.41, 5.74) is 5.91. The van der Waals surface area contributed by atoms with Crippen LogP contribution in [0.2, 0.25) is 0 Å². The van der Waals surface area contributed by atoms with Crippen molar-refractivity contribution < 1.29 is 4.79 Å². The van der Waals surface area contributed by atoms with E-state index in [1.807, 2.05) is 6.07 Å². The topological polar surface area (TPSA) is 71.2 Å². The maximum absolute atomic E-state index is 11.9. The first-order valence-corrected chi connectivity index (χ1v) is 6.01. The molecule has 5 heteroatoms. The van der Waals surface area contributed by atoms with Gasteiger partial charge in [-0.3, -0.25) is 5.32 Å². The van der Waals surface area contributed by atoms with E-state index >= 15 is 0 Å². The number of hydrogen-bond donors (Lipinski definition) is 2. The Morgan fingerprint density at radius 3 is 2.94 bits per heavy atom. The van der Waals surface area contributed by atoms with Gasteiger partial charge in [0.05, 0.1) is 6.54 Å². The van der Waals surface area contributed by atoms with Gasteiger partial charge in [-0.05, 0) is 30.9 Å². The Kier molecular flexibility index (Phi) is 4.15. The molecule has 1 aromatic rings. The van der Waals surface area contributed by atoms with Crippen molar-refractivity contribution in [2.24, 2.45) is 5.73 Å². The summed E-state index contributed by atoms with van der Waals surface area (Å²) in [6, 6.07) is 5.26. The minimum Gasteiger partial charge on any atom is -0.324 e. The minimum absolute atomic E-state index is 0.0936. The molecule has 0 aromatic carbocycles. The van der Waals surface area contributed by atoms with Crippen molar-refractivity contribution >= 4 is 11.8 Å². The molecule has 2 rings (SSSR count). The number of carbonyl (C=O) groups is 1. The number of likely N-dealkylation sites (tertiary alicyclic amines) is 1. The van der Waals surface area contributed by atoms with Gasteiger partial charge in [0.2, 0.25) is 0 Å². The Labute approximate surface area is 106 Å². The van der Waals surface area contributed by atoms with Crippen molar-refractivity contribution in [3.05, 3.63) is 23.9 Å². The SMILES string of the molecule is NCC#Cc1cccc(NC(=O)N2CCCC2)n1. The molecule has 18 heavy (non-hydrogen) atoms. The lowest BCUT2D eigenvalue weighted by Gasteiger charge is -2.15. The molecule has 1 aliphatic heterocycles. The molecule has 2 heterocycles. The maximum Gasteiger partial charge on any atom is 0.323 e. The molecule has 0 radical (unpaired) electrons. The highest BCUT2D eigenvalue weighted by Crippen LogP contribution is 2.10. The molecule has 1 fully saturated rings. The van der Waals surface area contributed by atoms with Gasteiger partial charge in [0, 0.05) is 13.1 Å². The number of anilines is 1. The second-order valence-corrected chi connectivity index (χ2v) is 4.04. The third kappa shape index (κ3) is 3.22. The number of rotatable bonds is 1. The molecule has 0 spiro atoms. The monoisotopic (exact) mass is 244 g/mol. The van der Waals surface area contributed by atoms with Gasteiger partial charge in [0.15, 0.2) is 0 Å². The van der Waals surface area contributed by atoms with Crippen molar-refractivity contribution in [1.82, 2.24) is 9.88 Å². The first-order chi connectivity index (χ1) is 8.79. The van der Waals surface area contributed by atoms with Crippen molar-refractivity contribution in [3.63, 3.8) is 0 Å². The van der Waals surface area contributed by atoms with Crippen LogP contribution >= 0.6 is 0 Å². The number of pyridine rings is 1. The zero-order valence-corrected chi connectivity index (χ0v) is 10.1. The quantitative estimate of drug-likeness (QED) is 0.724. The average Bonchev–Trinajstić information content (AvgIpc) is 2.91. The van der Waals surface area contributed by atoms with Gasteiger partial charge in [-0.1, -0.05) is 12.0 Å². The van der Waals surface area contributed by atoms with Gasteiger partial charge in [-0.2, -0.15) is 0 Å². The number of nitrogens with two attached hydrogens (primary N) is 1. The lowest BCUT2D eigenvalue weighted by Crippen LogP contribution is -2.32. The molecule has 0 atom stereocenters. The van der Waals surface area contributed by atoms with Crippen LogP contribution in [0.15, 0.2) is 18.2 Å². The standard InChI is InChI=1S/C13H16N4O/c14-8-4-6-11-5-3-7-12(15-11)16-13(18)17-9-1-2-10-17/h3,5,7H,1-2,8-10,14H2,(H,15,16,18). The van der Waals surface area contributed by atoms with E-state index in [0.29, 0.717) is 18.1 Å². The average molecular weight is 244 g/mol. The van der Waals surface area contributed by atoms with Gasteiger partial charge >= 0.3 is 6.03 Å². The van der Waals surface area contributed by atoms with Crippen molar-refractivity contribution in [1.29, 1.82) is 0 Å². The molecule has 1 saturated heterocycles. The fraction of sp³-hybridized carbons (Fsp3) is 0.385. The summed E-state index contributed by atoms with van der Waals surface area (Å²) in [6.45, 7) is 1.93. The Balaban J connectivity index is 2.02. The lowest BCUT2D eigenvalue weighted by molar-refractivity contribution is 0.222. The van der Waals surface area contributed by atoms with Crippen LogP contribution in [0.25, 0.3) is 0 Å². The van der Waals surface area contributed by atoms with Gasteiger partial charge in [-0.25, -0.2) is 9.78 Å². The summed E-state index contributed by atoms with van der Waals surface area (Å²) >= 11 is 0. The van der Waals surface area contributed by atoms with Crippen LogP contribution in [-0.4, -0.2) is 35.5 Å². The Bertz CT molecular complexity index is 483. The fourth-order valence-corrected chi connectivity index (χ4v) is 1.82. The van der Waals surface area contributed by atoms with Crippen molar-refractivity contribution in [2.45, 2.75) is 12.8 Å². The molecular weight excluding hydrogens is 228 g/mol. The summed E-state index contributed by atoms with van der Waals surface area (Å²) in [7, 11) is 0. The number of nitrogens with zero attached hydrogens (tertiary/aromatic N) is 2. The third-order valence-corrected chi connectivity index (χ3v) is 2.70. The Morgan fingerprint density at radius 2 is 2.22 bits per heavy atom. The number of aromatic nitrogens is 1. The maximum atomic E-state index is 11.9. The number of amides is 2. The predicted octanol–water partition coefficient (Wildman–Crippen LogP) is 1.02. The van der Waals surface area contributed by atoms with E-state index in [2.05, 4.69) is 22.1 Å². The molecule has 0 bridgehead atoms. The van der Waals surface area contributed by atoms with Crippen molar-refractivity contribution in [3.8, 4) is 11.8 Å². The van der Waals surface area contributed by atoms with Crippen LogP contribution in [-0.2, 0) is 0 Å². The summed E-state index contributed by atoms with van der Waals surface area (Å²) in [5, 5.41) is 2.78. The predicted molar refractivity (Wildman–Crippen MR) is 70.0 cm³/mol. The van der Waals surface area contributed by atoms with Crippen LogP contribution < -0.4 is 11.1 Å². The second-order valence-electron chi connectivity index (χ2n) is 4.04. The molecule has 5 nitrogen and oxygen atoms in total. The minimum atomic E-state index is -0.0936. The summed E-state index contributed by atoms with van der Waals surface area (Å²) in [4.78, 5) is 17.9. The second kappa shape index (κ2) is 6.03. The normalized spacial score (nSPS) is 13.9. The Hall–Kier alpha value is -2.06. The van der Waals surface area contributed by atoms with Gasteiger partial charge < -0.3 is 10.6 Å². The Morgan fingerprint density at radius 1 is 1.44 bits per heavy atom. The first kappa shape index (κ1) is 12.4. The van der Waals surface area contributed by atoms with E-state index < -0.39 is 0 Å². The number of carbonyl (C=O) groups excluding carboxylic acids is 1. The zero-order chi connectivity index (χ0) is 12.8. The molecule has 0 saturated carbocycles. The molecule has 1 aromatic heterocycles. The molecule has 1 aliphatic rings. The number of hydrogen-bond acceptors (Lipinski definition) is 3. The highest BCUT2D eigenvalue weighted by molar-refractivity contribution is 5.88. The zero-order valence-electron chi connectivity index (χ0n) is 10.1. The van der Waals surface area contributed by atoms with E-state index in [1.165, 1.54) is 0 Å². The lowest BCUT2D eigenvalue weighted by atomic mass is 10.3. The number of urea groups is 1. The van der Waals surface area contributed by atoms with Crippen molar-refractivity contribution in [2.75, 3.05) is 25.0 Å². The van der Waals surface area contributed by atoms with E-state index in [-0.39, 0.29) is 6.03 Å². The summed E-state index contributed by atoms with van der Waals surface area (Å²) in [6.07, 6.45) is 2.14. The summed E-state index contributed by atoms with van der Waals surface area (Å²) < 4.78 is 0. The number of nitrogens with one attached hydrogen (secondary N) is 1. The molecule has 2 amide bonds. The first-order valence-electron chi connectivity index (χ1n) is 6.01. The van der Waals surface area contributed by atoms with Crippen LogP contribution in [0.3, 0.4) is 0 Å². The highest BCUT2D eigenvalue weighted by Gasteiger charge is 2.17. The summed E-state index contributed by atoms with van der Waals surface area (Å²) in [5.74, 6) is 6.09. The van der Waals surface area contributed by atoms with E-state index in [9.17, 15) is 4.79 Å². The van der Waals surface area contributed by atoms with Crippen LogP contribution in [0.1, 0.15) is 18.5 Å². The van der Waals surface area contributed by atoms with Gasteiger partial charge in [0.25, 0.3) is 0 Å². The molecule has 94 valence electrons. The van der Waals surface area contributed by atoms with E-state index in [4.69, 9.17) is 5.73 Å². The van der Waals surface area contributed by atoms with Gasteiger partial charge in [-0.15, -0.1) is 0 Å². The van der Waals surface area contributed by atoms with Crippen LogP contribution in [0.4, 0.5) is 10.6 Å². The molecule has 0 unspecified atom stereocenters. The highest BCUT2D eigenvalue weighted by atomic mass is 16.2. The van der Waals surface area contributed by atoms with E-state index in [0.717, 1.165) is 25.9 Å². The molecular formula is C13H16N4O. The van der Waals surface area contributed by atoms with Crippen LogP contribution in [0.5, 0.6) is 0 Å². The van der Waals surface area contributed by atoms with E-state index in [1.54, 1.807) is 17.0 Å².